The van der Waals surface area contributed by atoms with Crippen molar-refractivity contribution in [3.05, 3.63) is 35.2 Å². The largest absolute Gasteiger partial charge is 0.369 e. The number of hydrogen-bond donors (Lipinski definition) is 2. The molecule has 4 heterocycles. The summed E-state index contributed by atoms with van der Waals surface area (Å²) in [6.07, 6.45) is 6.32. The maximum Gasteiger partial charge on any atom is 0.274 e. The van der Waals surface area contributed by atoms with Crippen LogP contribution in [-0.4, -0.2) is 50.2 Å². The van der Waals surface area contributed by atoms with Gasteiger partial charge in [0.25, 0.3) is 5.91 Å². The molecule has 2 atom stereocenters. The van der Waals surface area contributed by atoms with Crippen LogP contribution in [0.25, 0.3) is 0 Å². The molecule has 0 spiro atoms. The van der Waals surface area contributed by atoms with E-state index in [1.54, 1.807) is 6.33 Å². The molecule has 1 saturated heterocycles. The van der Waals surface area contributed by atoms with Gasteiger partial charge in [-0.15, -0.1) is 0 Å². The lowest BCUT2D eigenvalue weighted by Crippen LogP contribution is -2.39. The first-order chi connectivity index (χ1) is 11.6. The third-order valence-electron chi connectivity index (χ3n) is 5.18. The predicted octanol–water partition coefficient (Wildman–Crippen LogP) is 2.17. The van der Waals surface area contributed by atoms with E-state index in [4.69, 9.17) is 4.74 Å². The number of H-pyrrole nitrogens is 2. The summed E-state index contributed by atoms with van der Waals surface area (Å²) in [6, 6.07) is 0. The standard InChI is InChI=1S/C17H23N5O2/c1-10-7-13-15(11(2)24-10)20-21-16(13)17(23)22-5-3-12(4-6-22)14-8-18-9-19-14/h8-12H,3-7H2,1-2H3,(H,18,19)(H,20,21)/t10-,11+/m1/s1. The van der Waals surface area contributed by atoms with E-state index >= 15 is 0 Å². The van der Waals surface area contributed by atoms with E-state index in [1.807, 2.05) is 24.9 Å². The summed E-state index contributed by atoms with van der Waals surface area (Å²) in [4.78, 5) is 22.1. The maximum absolute atomic E-state index is 12.9. The average molecular weight is 329 g/mol. The summed E-state index contributed by atoms with van der Waals surface area (Å²) >= 11 is 0. The van der Waals surface area contributed by atoms with Gasteiger partial charge in [0.05, 0.1) is 24.2 Å². The Morgan fingerprint density at radius 2 is 2.12 bits per heavy atom. The number of fused-ring (bicyclic) bond motifs is 1. The molecule has 4 rings (SSSR count). The number of nitrogens with one attached hydrogen (secondary N) is 2. The van der Waals surface area contributed by atoms with Gasteiger partial charge in [-0.3, -0.25) is 9.89 Å². The molecule has 2 aromatic rings. The number of carbonyl (C=O) groups excluding carboxylic acids is 1. The summed E-state index contributed by atoms with van der Waals surface area (Å²) < 4.78 is 5.80. The van der Waals surface area contributed by atoms with Crippen molar-refractivity contribution in [3.63, 3.8) is 0 Å². The lowest BCUT2D eigenvalue weighted by atomic mass is 9.93. The summed E-state index contributed by atoms with van der Waals surface area (Å²) in [5.41, 5.74) is 3.72. The molecular formula is C17H23N5O2. The fourth-order valence-corrected chi connectivity index (χ4v) is 3.88. The lowest BCUT2D eigenvalue weighted by Gasteiger charge is -2.31. The highest BCUT2D eigenvalue weighted by molar-refractivity contribution is 5.94. The third-order valence-corrected chi connectivity index (χ3v) is 5.18. The Bertz CT molecular complexity index is 715. The molecule has 2 aliphatic rings. The van der Waals surface area contributed by atoms with Crippen molar-refractivity contribution in [1.29, 1.82) is 0 Å². The molecule has 0 saturated carbocycles. The Morgan fingerprint density at radius 1 is 1.33 bits per heavy atom. The van der Waals surface area contributed by atoms with Gasteiger partial charge in [0.2, 0.25) is 0 Å². The number of imidazole rings is 1. The molecule has 0 aliphatic carbocycles. The molecule has 128 valence electrons. The van der Waals surface area contributed by atoms with E-state index < -0.39 is 0 Å². The van der Waals surface area contributed by atoms with Crippen LogP contribution in [0.4, 0.5) is 0 Å². The topological polar surface area (TPSA) is 86.9 Å². The second-order valence-electron chi connectivity index (χ2n) is 6.83. The minimum atomic E-state index is -0.0380. The zero-order valence-electron chi connectivity index (χ0n) is 14.1. The number of piperidine rings is 1. The molecule has 2 N–H and O–H groups in total. The van der Waals surface area contributed by atoms with E-state index in [2.05, 4.69) is 20.2 Å². The molecule has 1 amide bonds. The molecule has 0 aromatic carbocycles. The molecular weight excluding hydrogens is 306 g/mol. The number of aromatic nitrogens is 4. The molecule has 2 aliphatic heterocycles. The van der Waals surface area contributed by atoms with Crippen LogP contribution in [0.5, 0.6) is 0 Å². The van der Waals surface area contributed by atoms with Crippen LogP contribution in [0, 0.1) is 0 Å². The Hall–Kier alpha value is -2.15. The van der Waals surface area contributed by atoms with Crippen molar-refractivity contribution in [1.82, 2.24) is 25.1 Å². The van der Waals surface area contributed by atoms with E-state index in [9.17, 15) is 4.79 Å². The van der Waals surface area contributed by atoms with Gasteiger partial charge in [-0.1, -0.05) is 0 Å². The maximum atomic E-state index is 12.9. The normalized spacial score (nSPS) is 24.8. The second kappa shape index (κ2) is 6.05. The smallest absolute Gasteiger partial charge is 0.274 e. The molecule has 7 heteroatoms. The lowest BCUT2D eigenvalue weighted by molar-refractivity contribution is -0.00703. The van der Waals surface area contributed by atoms with Crippen molar-refractivity contribution >= 4 is 5.91 Å². The Balaban J connectivity index is 1.48. The van der Waals surface area contributed by atoms with E-state index in [0.717, 1.165) is 43.6 Å². The van der Waals surface area contributed by atoms with Crippen molar-refractivity contribution in [2.24, 2.45) is 0 Å². The molecule has 0 unspecified atom stereocenters. The van der Waals surface area contributed by atoms with Gasteiger partial charge in [0, 0.05) is 42.9 Å². The Morgan fingerprint density at radius 3 is 2.83 bits per heavy atom. The Labute approximate surface area is 140 Å². The zero-order chi connectivity index (χ0) is 16.7. The van der Waals surface area contributed by atoms with E-state index in [1.165, 1.54) is 5.69 Å². The summed E-state index contributed by atoms with van der Waals surface area (Å²) in [6.45, 7) is 5.55. The first-order valence-corrected chi connectivity index (χ1v) is 8.63. The SMILES string of the molecule is C[C@@H]1Cc2c(C(=O)N3CCC(c4cnc[nH]4)CC3)n[nH]c2[C@H](C)O1. The number of rotatable bonds is 2. The van der Waals surface area contributed by atoms with Gasteiger partial charge in [-0.2, -0.15) is 5.10 Å². The summed E-state index contributed by atoms with van der Waals surface area (Å²) in [5, 5.41) is 7.33. The summed E-state index contributed by atoms with van der Waals surface area (Å²) in [5.74, 6) is 0.495. The number of likely N-dealkylation sites (tertiary alicyclic amines) is 1. The molecule has 24 heavy (non-hydrogen) atoms. The fourth-order valence-electron chi connectivity index (χ4n) is 3.88. The van der Waals surface area contributed by atoms with Crippen LogP contribution in [0.15, 0.2) is 12.5 Å². The molecule has 7 nitrogen and oxygen atoms in total. The highest BCUT2D eigenvalue weighted by atomic mass is 16.5. The third kappa shape index (κ3) is 2.62. The quantitative estimate of drug-likeness (QED) is 0.884. The van der Waals surface area contributed by atoms with Crippen LogP contribution < -0.4 is 0 Å². The van der Waals surface area contributed by atoms with Crippen LogP contribution in [0.1, 0.15) is 66.2 Å². The minimum Gasteiger partial charge on any atom is -0.369 e. The van der Waals surface area contributed by atoms with Crippen molar-refractivity contribution in [2.45, 2.75) is 51.2 Å². The van der Waals surface area contributed by atoms with Gasteiger partial charge < -0.3 is 14.6 Å². The monoisotopic (exact) mass is 329 g/mol. The number of amides is 1. The number of nitrogens with zero attached hydrogens (tertiary/aromatic N) is 3. The van der Waals surface area contributed by atoms with Crippen LogP contribution >= 0.6 is 0 Å². The predicted molar refractivity (Wildman–Crippen MR) is 87.7 cm³/mol. The van der Waals surface area contributed by atoms with Crippen LogP contribution in [0.3, 0.4) is 0 Å². The van der Waals surface area contributed by atoms with Crippen molar-refractivity contribution in [2.75, 3.05) is 13.1 Å². The van der Waals surface area contributed by atoms with Gasteiger partial charge in [-0.05, 0) is 26.7 Å². The first kappa shape index (κ1) is 15.4. The van der Waals surface area contributed by atoms with E-state index in [-0.39, 0.29) is 18.1 Å². The van der Waals surface area contributed by atoms with Crippen LogP contribution in [-0.2, 0) is 11.2 Å². The molecule has 0 bridgehead atoms. The fraction of sp³-hybridized carbons (Fsp3) is 0.588. The number of aromatic amines is 2. The molecule has 1 fully saturated rings. The van der Waals surface area contributed by atoms with Gasteiger partial charge in [0.1, 0.15) is 0 Å². The minimum absolute atomic E-state index is 0.0380. The van der Waals surface area contributed by atoms with Gasteiger partial charge >= 0.3 is 0 Å². The van der Waals surface area contributed by atoms with E-state index in [0.29, 0.717) is 11.6 Å². The van der Waals surface area contributed by atoms with Crippen LogP contribution in [0.2, 0.25) is 0 Å². The second-order valence-corrected chi connectivity index (χ2v) is 6.83. The molecule has 0 radical (unpaired) electrons. The van der Waals surface area contributed by atoms with Crippen molar-refractivity contribution < 1.29 is 9.53 Å². The highest BCUT2D eigenvalue weighted by Gasteiger charge is 2.33. The number of hydrogen-bond acceptors (Lipinski definition) is 4. The summed E-state index contributed by atoms with van der Waals surface area (Å²) in [7, 11) is 0. The highest BCUT2D eigenvalue weighted by Crippen LogP contribution is 2.32. The number of ether oxygens (including phenoxy) is 1. The molecule has 2 aromatic heterocycles. The van der Waals surface area contributed by atoms with Gasteiger partial charge in [-0.25, -0.2) is 4.98 Å². The Kier molecular flexibility index (Phi) is 3.88. The average Bonchev–Trinajstić information content (AvgIpc) is 3.24. The zero-order valence-corrected chi connectivity index (χ0v) is 14.1. The van der Waals surface area contributed by atoms with Gasteiger partial charge in [0.15, 0.2) is 5.69 Å². The number of carbonyl (C=O) groups is 1. The first-order valence-electron chi connectivity index (χ1n) is 8.63. The van der Waals surface area contributed by atoms with Crippen molar-refractivity contribution in [3.8, 4) is 0 Å².